The van der Waals surface area contributed by atoms with Gasteiger partial charge in [-0.1, -0.05) is 53.5 Å². The minimum atomic E-state index is -1.68. The first-order chi connectivity index (χ1) is 12.3. The smallest absolute Gasteiger partial charge is 0.333 e. The van der Waals surface area contributed by atoms with Gasteiger partial charge in [0.1, 0.15) is 0 Å². The lowest BCUT2D eigenvalue weighted by Crippen LogP contribution is -2.51. The van der Waals surface area contributed by atoms with Gasteiger partial charge in [-0.05, 0) is 42.2 Å². The number of ether oxygens (including phenoxy) is 1. The van der Waals surface area contributed by atoms with Crippen LogP contribution in [0.15, 0.2) is 42.5 Å². The number of carboxylic acid groups (broad SMARTS) is 1. The van der Waals surface area contributed by atoms with Crippen molar-refractivity contribution >= 4 is 35.1 Å². The molecule has 0 fully saturated rings. The molecule has 2 unspecified atom stereocenters. The first kappa shape index (κ1) is 18.7. The second kappa shape index (κ2) is 7.27. The molecular formula is C19H17Cl2NO4. The molecule has 2 aromatic rings. The summed E-state index contributed by atoms with van der Waals surface area (Å²) in [5.41, 5.74) is 0.404. The molecule has 0 aromatic heterocycles. The van der Waals surface area contributed by atoms with Crippen LogP contribution in [0.25, 0.3) is 0 Å². The third-order valence-electron chi connectivity index (χ3n) is 4.53. The Morgan fingerprint density at radius 1 is 1.19 bits per heavy atom. The van der Waals surface area contributed by atoms with Crippen molar-refractivity contribution in [3.63, 3.8) is 0 Å². The summed E-state index contributed by atoms with van der Waals surface area (Å²) >= 11 is 11.9. The highest BCUT2D eigenvalue weighted by atomic mass is 35.5. The molecule has 0 saturated carbocycles. The van der Waals surface area contributed by atoms with Gasteiger partial charge in [0.25, 0.3) is 5.91 Å². The van der Waals surface area contributed by atoms with Crippen molar-refractivity contribution in [2.75, 3.05) is 6.61 Å². The number of carboxylic acids is 1. The summed E-state index contributed by atoms with van der Waals surface area (Å²) in [4.78, 5) is 24.8. The molecule has 2 atom stereocenters. The van der Waals surface area contributed by atoms with Crippen LogP contribution in [0.5, 0.6) is 0 Å². The average Bonchev–Trinajstić information content (AvgIpc) is 2.63. The van der Waals surface area contributed by atoms with E-state index in [1.807, 2.05) is 24.3 Å². The fourth-order valence-corrected chi connectivity index (χ4v) is 3.28. The van der Waals surface area contributed by atoms with E-state index in [0.717, 1.165) is 11.1 Å². The first-order valence-electron chi connectivity index (χ1n) is 8.03. The van der Waals surface area contributed by atoms with Gasteiger partial charge in [0.2, 0.25) is 0 Å². The summed E-state index contributed by atoms with van der Waals surface area (Å²) in [6.45, 7) is 1.80. The van der Waals surface area contributed by atoms with Gasteiger partial charge < -0.3 is 15.2 Å². The monoisotopic (exact) mass is 393 g/mol. The number of benzene rings is 2. The molecular weight excluding hydrogens is 377 g/mol. The molecule has 1 heterocycles. The van der Waals surface area contributed by atoms with Crippen molar-refractivity contribution in [1.29, 1.82) is 0 Å². The van der Waals surface area contributed by atoms with Gasteiger partial charge in [0.15, 0.2) is 11.6 Å². The van der Waals surface area contributed by atoms with Crippen LogP contribution in [0.4, 0.5) is 0 Å². The molecule has 1 amide bonds. The topological polar surface area (TPSA) is 75.6 Å². The van der Waals surface area contributed by atoms with Gasteiger partial charge in [0.05, 0.1) is 16.7 Å². The number of hydrogen-bond acceptors (Lipinski definition) is 3. The van der Waals surface area contributed by atoms with Crippen molar-refractivity contribution in [3.8, 4) is 0 Å². The van der Waals surface area contributed by atoms with Gasteiger partial charge in [-0.3, -0.25) is 4.79 Å². The number of hydrogen-bond donors (Lipinski definition) is 2. The van der Waals surface area contributed by atoms with Gasteiger partial charge >= 0.3 is 5.97 Å². The maximum Gasteiger partial charge on any atom is 0.333 e. The van der Waals surface area contributed by atoms with Crippen LogP contribution in [0, 0.1) is 0 Å². The number of halogens is 2. The lowest BCUT2D eigenvalue weighted by Gasteiger charge is -2.31. The largest absolute Gasteiger partial charge is 0.479 e. The maximum absolute atomic E-state index is 12.8. The second-order valence-electron chi connectivity index (χ2n) is 6.25. The number of fused-ring (bicyclic) bond motifs is 1. The molecule has 0 aliphatic carbocycles. The average molecular weight is 394 g/mol. The first-order valence-corrected chi connectivity index (χ1v) is 8.79. The molecule has 1 aliphatic rings. The molecule has 0 spiro atoms. The van der Waals surface area contributed by atoms with E-state index >= 15 is 0 Å². The molecule has 7 heteroatoms. The van der Waals surface area contributed by atoms with Crippen molar-refractivity contribution in [2.45, 2.75) is 25.0 Å². The minimum Gasteiger partial charge on any atom is -0.479 e. The summed E-state index contributed by atoms with van der Waals surface area (Å²) in [7, 11) is 0. The van der Waals surface area contributed by atoms with E-state index in [-0.39, 0.29) is 5.02 Å². The summed E-state index contributed by atoms with van der Waals surface area (Å²) < 4.78 is 5.62. The van der Waals surface area contributed by atoms with Crippen LogP contribution in [-0.4, -0.2) is 23.6 Å². The molecule has 0 bridgehead atoms. The van der Waals surface area contributed by atoms with Gasteiger partial charge in [-0.25, -0.2) is 4.79 Å². The quantitative estimate of drug-likeness (QED) is 0.829. The molecule has 1 aliphatic heterocycles. The SMILES string of the molecule is CC(NC(=O)C1OCCc2ccccc21)(C(=O)O)c1ccc(Cl)c(Cl)c1. The van der Waals surface area contributed by atoms with Crippen molar-refractivity contribution in [3.05, 3.63) is 69.2 Å². The Morgan fingerprint density at radius 3 is 2.62 bits per heavy atom. The molecule has 2 aromatic carbocycles. The van der Waals surface area contributed by atoms with Crippen LogP contribution in [0.1, 0.15) is 29.7 Å². The Bertz CT molecular complexity index is 870. The number of nitrogens with one attached hydrogen (secondary N) is 1. The fraction of sp³-hybridized carbons (Fsp3) is 0.263. The number of amides is 1. The third kappa shape index (κ3) is 3.43. The molecule has 0 saturated heterocycles. The van der Waals surface area contributed by atoms with E-state index in [1.165, 1.54) is 25.1 Å². The molecule has 5 nitrogen and oxygen atoms in total. The standard InChI is InChI=1S/C19H17Cl2NO4/c1-19(18(24)25,12-6-7-14(20)15(21)10-12)22-17(23)16-13-5-3-2-4-11(13)8-9-26-16/h2-7,10,16H,8-9H2,1H3,(H,22,23)(H,24,25). The number of carbonyl (C=O) groups is 2. The van der Waals surface area contributed by atoms with E-state index in [1.54, 1.807) is 0 Å². The van der Waals surface area contributed by atoms with Crippen LogP contribution in [-0.2, 0) is 26.3 Å². The Balaban J connectivity index is 1.92. The summed E-state index contributed by atoms with van der Waals surface area (Å²) in [5.74, 6) is -1.73. The lowest BCUT2D eigenvalue weighted by molar-refractivity contribution is -0.150. The van der Waals surface area contributed by atoms with Gasteiger partial charge in [-0.15, -0.1) is 0 Å². The van der Waals surface area contributed by atoms with Crippen LogP contribution < -0.4 is 5.32 Å². The Labute approximate surface area is 160 Å². The minimum absolute atomic E-state index is 0.213. The highest BCUT2D eigenvalue weighted by molar-refractivity contribution is 6.42. The van der Waals surface area contributed by atoms with Gasteiger partial charge in [-0.2, -0.15) is 0 Å². The van der Waals surface area contributed by atoms with Crippen LogP contribution >= 0.6 is 23.2 Å². The predicted octanol–water partition coefficient (Wildman–Crippen LogP) is 3.72. The molecule has 26 heavy (non-hydrogen) atoms. The predicted molar refractivity (Wildman–Crippen MR) is 98.4 cm³/mol. The highest BCUT2D eigenvalue weighted by Gasteiger charge is 2.40. The number of rotatable bonds is 4. The zero-order chi connectivity index (χ0) is 18.9. The van der Waals surface area contributed by atoms with E-state index in [2.05, 4.69) is 5.32 Å². The molecule has 0 radical (unpaired) electrons. The van der Waals surface area contributed by atoms with E-state index < -0.39 is 23.5 Å². The fourth-order valence-electron chi connectivity index (χ4n) is 2.98. The van der Waals surface area contributed by atoms with E-state index in [0.29, 0.717) is 23.6 Å². The number of carbonyl (C=O) groups excluding carboxylic acids is 1. The van der Waals surface area contributed by atoms with E-state index in [9.17, 15) is 14.7 Å². The second-order valence-corrected chi connectivity index (χ2v) is 7.06. The number of aliphatic carboxylic acids is 1. The Hall–Kier alpha value is -2.08. The van der Waals surface area contributed by atoms with E-state index in [4.69, 9.17) is 27.9 Å². The van der Waals surface area contributed by atoms with Gasteiger partial charge in [0, 0.05) is 0 Å². The third-order valence-corrected chi connectivity index (χ3v) is 5.27. The maximum atomic E-state index is 12.8. The van der Waals surface area contributed by atoms with Crippen molar-refractivity contribution < 1.29 is 19.4 Å². The molecule has 136 valence electrons. The zero-order valence-corrected chi connectivity index (χ0v) is 15.5. The Morgan fingerprint density at radius 2 is 1.92 bits per heavy atom. The van der Waals surface area contributed by atoms with Crippen LogP contribution in [0.3, 0.4) is 0 Å². The lowest BCUT2D eigenvalue weighted by atomic mass is 9.90. The summed E-state index contributed by atoms with van der Waals surface area (Å²) in [6, 6.07) is 11.9. The normalized spacial score (nSPS) is 18.5. The zero-order valence-electron chi connectivity index (χ0n) is 14.0. The summed E-state index contributed by atoms with van der Waals surface area (Å²) in [6.07, 6.45) is -0.149. The van der Waals surface area contributed by atoms with Crippen molar-refractivity contribution in [2.24, 2.45) is 0 Å². The van der Waals surface area contributed by atoms with Crippen molar-refractivity contribution in [1.82, 2.24) is 5.32 Å². The van der Waals surface area contributed by atoms with Crippen LogP contribution in [0.2, 0.25) is 10.0 Å². The molecule has 2 N–H and O–H groups in total. The highest BCUT2D eigenvalue weighted by Crippen LogP contribution is 2.32. The summed E-state index contributed by atoms with van der Waals surface area (Å²) in [5, 5.41) is 12.9. The Kier molecular flexibility index (Phi) is 5.23. The molecule has 3 rings (SSSR count).